The first-order valence-corrected chi connectivity index (χ1v) is 28.1. The third-order valence-electron chi connectivity index (χ3n) is 8.72. The first-order chi connectivity index (χ1) is 35.8. The quantitative estimate of drug-likeness (QED) is 0.0228. The van der Waals surface area contributed by atoms with Crippen LogP contribution in [0, 0.1) is 61.3 Å². The third-order valence-corrected chi connectivity index (χ3v) is 17.4. The van der Waals surface area contributed by atoms with Crippen LogP contribution < -0.4 is 21.2 Å². The van der Waals surface area contributed by atoms with Crippen molar-refractivity contribution in [2.24, 2.45) is 0 Å². The van der Waals surface area contributed by atoms with Gasteiger partial charge in [-0.25, -0.2) is 0 Å². The van der Waals surface area contributed by atoms with E-state index in [1.807, 2.05) is 0 Å². The van der Waals surface area contributed by atoms with Gasteiger partial charge < -0.3 is 97.5 Å². The van der Waals surface area contributed by atoms with Gasteiger partial charge in [-0.2, -0.15) is 0 Å². The molecule has 0 saturated heterocycles. The van der Waals surface area contributed by atoms with Crippen LogP contribution in [0.4, 0.5) is 0 Å². The first kappa shape index (κ1) is 74.6. The number of aromatic nitrogens is 4. The number of hydrogen-bond acceptors (Lipinski definition) is 28. The Hall–Kier alpha value is -5.48. The number of pyridine rings is 4. The van der Waals surface area contributed by atoms with Crippen LogP contribution in [0.5, 0.6) is 0 Å². The van der Waals surface area contributed by atoms with Crippen LogP contribution in [0.2, 0.25) is 0 Å². The van der Waals surface area contributed by atoms with Crippen LogP contribution in [-0.2, 0) is 88.6 Å². The zero-order valence-electron chi connectivity index (χ0n) is 42.4. The van der Waals surface area contributed by atoms with Gasteiger partial charge >= 0.3 is 64.5 Å². The van der Waals surface area contributed by atoms with Crippen molar-refractivity contribution < 1.29 is 109 Å². The molecule has 0 fully saturated rings. The van der Waals surface area contributed by atoms with Gasteiger partial charge in [-0.15, -0.1) is 0 Å². The van der Waals surface area contributed by atoms with Gasteiger partial charge in [-0.1, -0.05) is 24.3 Å². The summed E-state index contributed by atoms with van der Waals surface area (Å²) in [7, 11) is -14.1. The predicted octanol–water partition coefficient (Wildman–Crippen LogP) is 8.17. The molecule has 2 aromatic carbocycles. The van der Waals surface area contributed by atoms with Crippen LogP contribution >= 0.6 is 30.4 Å². The summed E-state index contributed by atoms with van der Waals surface area (Å²) < 4.78 is 97.7. The molecule has 0 aliphatic rings. The Morgan fingerprint density at radius 3 is 0.564 bits per heavy atom. The van der Waals surface area contributed by atoms with Gasteiger partial charge in [-0.3, -0.25) is 38.2 Å². The van der Waals surface area contributed by atoms with Crippen LogP contribution in [-0.4, -0.2) is 93.1 Å². The van der Waals surface area contributed by atoms with E-state index in [1.165, 1.54) is 0 Å². The molecule has 0 N–H and O–H groups in total. The third kappa shape index (κ3) is 22.0. The van der Waals surface area contributed by atoms with Crippen LogP contribution in [0.1, 0.15) is 55.4 Å². The van der Waals surface area contributed by atoms with E-state index in [0.29, 0.717) is 64.8 Å². The van der Waals surface area contributed by atoms with E-state index < -0.39 is 50.7 Å². The molecule has 0 unspecified atom stereocenters. The minimum absolute atomic E-state index is 0. The molecule has 0 aliphatic heterocycles. The Morgan fingerprint density at radius 2 is 0.449 bits per heavy atom. The van der Waals surface area contributed by atoms with Crippen LogP contribution in [0.15, 0.2) is 73.3 Å². The summed E-state index contributed by atoms with van der Waals surface area (Å²) in [5, 5.41) is 63.1. The van der Waals surface area contributed by atoms with Gasteiger partial charge in [0.25, 0.3) is 0 Å². The van der Waals surface area contributed by atoms with Crippen molar-refractivity contribution in [1.82, 2.24) is 19.9 Å². The van der Waals surface area contributed by atoms with Crippen molar-refractivity contribution >= 4 is 95.2 Å². The molecule has 0 bridgehead atoms. The summed E-state index contributed by atoms with van der Waals surface area (Å²) in [6.07, 6.45) is 6.17. The monoisotopic (exact) mass is 1280 g/mol. The van der Waals surface area contributed by atoms with Gasteiger partial charge in [0.2, 0.25) is 0 Å². The van der Waals surface area contributed by atoms with Gasteiger partial charge in [0, 0.05) is 46.3 Å². The number of hydrogen-bond donors (Lipinski definition) is 0. The average molecular weight is 1280 g/mol. The smallest absolute Gasteiger partial charge is 0.356 e. The summed E-state index contributed by atoms with van der Waals surface area (Å²) in [6.45, 7) is 16.0. The second kappa shape index (κ2) is 36.6. The Morgan fingerprint density at radius 1 is 0.321 bits per heavy atom. The fourth-order valence-corrected chi connectivity index (χ4v) is 13.6. The van der Waals surface area contributed by atoms with E-state index in [9.17, 15) is 18.3 Å². The minimum Gasteiger partial charge on any atom is -0.356 e. The zero-order valence-corrected chi connectivity index (χ0v) is 47.8. The molecule has 0 spiro atoms. The van der Waals surface area contributed by atoms with Gasteiger partial charge in [0.15, 0.2) is 0 Å². The summed E-state index contributed by atoms with van der Waals surface area (Å²) in [5.74, 6) is 0. The Balaban J connectivity index is 0. The second-order valence-corrected chi connectivity index (χ2v) is 21.2. The SMILES string of the molecule is CCOP(=O)(OCC)c1ccnc2c1ccc1c(P(=O)(OCC)OCC)ccnc12.CCOP(=O)(OCC)c1ccnc2c1ccc1c(P(=O)(OCC)OCC)ccnc12.O=[N+]([O-])[O-].O=[N+]([O-])[O-].O=[N+]([O-])[O-].O=[N+]([O-])[O-].[Cu+2].[Cu+2]. The molecule has 0 amide bonds. The van der Waals surface area contributed by atoms with E-state index in [0.717, 1.165) is 0 Å². The fraction of sp³-hybridized carbons (Fsp3) is 0.400. The van der Waals surface area contributed by atoms with E-state index in [4.69, 9.17) is 97.5 Å². The molecule has 0 saturated carbocycles. The van der Waals surface area contributed by atoms with E-state index in [1.54, 1.807) is 129 Å². The van der Waals surface area contributed by atoms with E-state index in [-0.39, 0.29) is 87.0 Å². The molecule has 6 rings (SSSR count). The molecule has 0 aliphatic carbocycles. The maximum absolute atomic E-state index is 13.4. The molecular formula is C40H52Cu2N8O24P4. The van der Waals surface area contributed by atoms with Crippen LogP contribution in [0.3, 0.4) is 0 Å². The van der Waals surface area contributed by atoms with E-state index in [2.05, 4.69) is 19.9 Å². The summed E-state index contributed by atoms with van der Waals surface area (Å²) in [5.41, 5.74) is 2.02. The molecule has 32 nitrogen and oxygen atoms in total. The Kier molecular flexibility index (Phi) is 35.0. The molecule has 438 valence electrons. The topological polar surface area (TPSA) is 458 Å². The number of nitrogens with zero attached hydrogens (tertiary/aromatic N) is 8. The van der Waals surface area contributed by atoms with E-state index >= 15 is 0 Å². The van der Waals surface area contributed by atoms with Gasteiger partial charge in [-0.05, 0) is 79.7 Å². The first-order valence-electron chi connectivity index (χ1n) is 22.0. The van der Waals surface area contributed by atoms with Crippen molar-refractivity contribution in [2.75, 3.05) is 52.9 Å². The van der Waals surface area contributed by atoms with Crippen molar-refractivity contribution in [3.05, 3.63) is 135 Å². The molecular weight excluding hydrogens is 1230 g/mol. The second-order valence-electron chi connectivity index (χ2n) is 13.3. The normalized spacial score (nSPS) is 11.0. The largest absolute Gasteiger partial charge is 2.00 e. The molecule has 0 atom stereocenters. The van der Waals surface area contributed by atoms with Crippen molar-refractivity contribution in [3.63, 3.8) is 0 Å². The molecule has 78 heavy (non-hydrogen) atoms. The van der Waals surface area contributed by atoms with Crippen molar-refractivity contribution in [2.45, 2.75) is 55.4 Å². The maximum atomic E-state index is 13.4. The molecule has 38 heteroatoms. The molecule has 6 aromatic rings. The molecule has 4 aromatic heterocycles. The summed E-state index contributed by atoms with van der Waals surface area (Å²) >= 11 is 0. The number of benzene rings is 2. The zero-order chi connectivity index (χ0) is 57.9. The number of rotatable bonds is 20. The summed E-state index contributed by atoms with van der Waals surface area (Å²) in [4.78, 5) is 50.8. The Labute approximate surface area is 465 Å². The van der Waals surface area contributed by atoms with Gasteiger partial charge in [0.1, 0.15) is 0 Å². The Bertz CT molecular complexity index is 2640. The predicted molar refractivity (Wildman–Crippen MR) is 278 cm³/mol. The van der Waals surface area contributed by atoms with Crippen molar-refractivity contribution in [3.8, 4) is 0 Å². The van der Waals surface area contributed by atoms with Crippen molar-refractivity contribution in [1.29, 1.82) is 0 Å². The van der Waals surface area contributed by atoms with Gasteiger partial charge in [0.05, 0.1) is 116 Å². The summed E-state index contributed by atoms with van der Waals surface area (Å²) in [6, 6.07) is 13.6. The average Bonchev–Trinajstić information content (AvgIpc) is 3.33. The minimum atomic E-state index is -3.53. The molecule has 4 heterocycles. The number of fused-ring (bicyclic) bond motifs is 6. The van der Waals surface area contributed by atoms with Crippen LogP contribution in [0.25, 0.3) is 43.6 Å². The standard InChI is InChI=1S/2C20H26N2O6P2.2Cu.4NO3/c2*1-5-25-29(23,26-6-2)17-11-13-21-19-15(17)9-10-16-18(12-14-22-20(16)19)30(24,27-7-3)28-8-4;;;4*2-1(3)4/h2*9-14H,5-8H2,1-4H3;;;;;;/q;;2*+2;4*-1. The molecule has 2 radical (unpaired) electrons. The maximum Gasteiger partial charge on any atom is 2.00 e. The fourth-order valence-electron chi connectivity index (χ4n) is 6.62.